The van der Waals surface area contributed by atoms with Crippen LogP contribution in [0.2, 0.25) is 0 Å². The lowest BCUT2D eigenvalue weighted by molar-refractivity contribution is -0.126. The lowest BCUT2D eigenvalue weighted by atomic mass is 10.2. The summed E-state index contributed by atoms with van der Waals surface area (Å²) in [5.41, 5.74) is 1.01. The fraction of sp³-hybridized carbons (Fsp3) is 0.429. The number of β-amino-alcohol motifs (C(OH)–C–C–N with tert-alkyl or cyclic N) is 1. The SMILES string of the molecule is CN1CC(=O)N(C[C@@H](O)COCc2ccccc2)C1=O. The fourth-order valence-electron chi connectivity index (χ4n) is 2.00. The molecular formula is C14H18N2O4. The van der Waals surface area contributed by atoms with Crippen molar-refractivity contribution >= 4 is 11.9 Å². The molecule has 1 fully saturated rings. The first-order chi connectivity index (χ1) is 9.58. The third-order valence-corrected chi connectivity index (χ3v) is 3.05. The number of ether oxygens (including phenoxy) is 1. The number of benzene rings is 1. The zero-order valence-corrected chi connectivity index (χ0v) is 11.4. The second kappa shape index (κ2) is 6.49. The minimum absolute atomic E-state index is 0.0310. The number of imide groups is 1. The van der Waals surface area contributed by atoms with E-state index in [1.165, 1.54) is 4.90 Å². The van der Waals surface area contributed by atoms with Crippen LogP contribution in [0.25, 0.3) is 0 Å². The molecule has 1 aromatic carbocycles. The fourth-order valence-corrected chi connectivity index (χ4v) is 2.00. The predicted molar refractivity (Wildman–Crippen MR) is 71.8 cm³/mol. The van der Waals surface area contributed by atoms with E-state index in [1.807, 2.05) is 30.3 Å². The molecular weight excluding hydrogens is 260 g/mol. The van der Waals surface area contributed by atoms with E-state index in [-0.39, 0.29) is 31.6 Å². The molecule has 1 aromatic rings. The molecule has 1 aliphatic heterocycles. The molecule has 0 saturated carbocycles. The number of aliphatic hydroxyl groups excluding tert-OH is 1. The van der Waals surface area contributed by atoms with Crippen LogP contribution >= 0.6 is 0 Å². The van der Waals surface area contributed by atoms with Gasteiger partial charge in [-0.3, -0.25) is 9.69 Å². The van der Waals surface area contributed by atoms with Crippen molar-refractivity contribution in [3.05, 3.63) is 35.9 Å². The largest absolute Gasteiger partial charge is 0.389 e. The molecule has 108 valence electrons. The van der Waals surface area contributed by atoms with Gasteiger partial charge in [0.25, 0.3) is 0 Å². The van der Waals surface area contributed by atoms with Gasteiger partial charge in [-0.25, -0.2) is 4.79 Å². The van der Waals surface area contributed by atoms with Gasteiger partial charge in [0, 0.05) is 7.05 Å². The molecule has 0 radical (unpaired) electrons. The quantitative estimate of drug-likeness (QED) is 0.767. The number of aliphatic hydroxyl groups is 1. The number of nitrogens with zero attached hydrogens (tertiary/aromatic N) is 2. The van der Waals surface area contributed by atoms with E-state index in [0.717, 1.165) is 10.5 Å². The minimum Gasteiger partial charge on any atom is -0.389 e. The van der Waals surface area contributed by atoms with Crippen molar-refractivity contribution in [2.45, 2.75) is 12.7 Å². The van der Waals surface area contributed by atoms with Crippen molar-refractivity contribution in [3.63, 3.8) is 0 Å². The van der Waals surface area contributed by atoms with Crippen LogP contribution < -0.4 is 0 Å². The van der Waals surface area contributed by atoms with Crippen LogP contribution in [0.15, 0.2) is 30.3 Å². The summed E-state index contributed by atoms with van der Waals surface area (Å²) in [5.74, 6) is -0.292. The normalized spacial score (nSPS) is 16.9. The van der Waals surface area contributed by atoms with Crippen LogP contribution in [-0.4, -0.2) is 59.7 Å². The van der Waals surface area contributed by atoms with Crippen molar-refractivity contribution in [1.82, 2.24) is 9.80 Å². The Bertz CT molecular complexity index is 477. The summed E-state index contributed by atoms with van der Waals surface area (Å²) in [7, 11) is 1.55. The van der Waals surface area contributed by atoms with Gasteiger partial charge in [-0.2, -0.15) is 0 Å². The predicted octanol–water partition coefficient (Wildman–Crippen LogP) is 0.458. The number of hydrogen-bond donors (Lipinski definition) is 1. The number of amides is 3. The average Bonchev–Trinajstić information content (AvgIpc) is 2.67. The van der Waals surface area contributed by atoms with Crippen molar-refractivity contribution < 1.29 is 19.4 Å². The Hall–Kier alpha value is -1.92. The van der Waals surface area contributed by atoms with Crippen LogP contribution in [0.4, 0.5) is 4.79 Å². The Morgan fingerprint density at radius 3 is 2.60 bits per heavy atom. The van der Waals surface area contributed by atoms with Crippen LogP contribution in [-0.2, 0) is 16.1 Å². The molecule has 0 aromatic heterocycles. The second-order valence-electron chi connectivity index (χ2n) is 4.80. The zero-order valence-electron chi connectivity index (χ0n) is 11.4. The Morgan fingerprint density at radius 1 is 1.30 bits per heavy atom. The molecule has 20 heavy (non-hydrogen) atoms. The Labute approximate surface area is 117 Å². The van der Waals surface area contributed by atoms with Gasteiger partial charge in [-0.05, 0) is 5.56 Å². The third kappa shape index (κ3) is 3.55. The Kier molecular flexibility index (Phi) is 4.70. The monoisotopic (exact) mass is 278 g/mol. The molecule has 1 aliphatic rings. The van der Waals surface area contributed by atoms with Gasteiger partial charge in [0.1, 0.15) is 6.54 Å². The number of rotatable bonds is 6. The van der Waals surface area contributed by atoms with Crippen LogP contribution in [0.1, 0.15) is 5.56 Å². The molecule has 0 spiro atoms. The maximum atomic E-state index is 11.6. The summed E-state index contributed by atoms with van der Waals surface area (Å²) in [5, 5.41) is 9.82. The van der Waals surface area contributed by atoms with E-state index in [9.17, 15) is 14.7 Å². The van der Waals surface area contributed by atoms with E-state index >= 15 is 0 Å². The number of likely N-dealkylation sites (N-methyl/N-ethyl adjacent to an activating group) is 1. The van der Waals surface area contributed by atoms with Gasteiger partial charge in [-0.15, -0.1) is 0 Å². The highest BCUT2D eigenvalue weighted by atomic mass is 16.5. The highest BCUT2D eigenvalue weighted by Gasteiger charge is 2.34. The van der Waals surface area contributed by atoms with Crippen LogP contribution in [0.3, 0.4) is 0 Å². The van der Waals surface area contributed by atoms with E-state index in [2.05, 4.69) is 0 Å². The Balaban J connectivity index is 1.74. The minimum atomic E-state index is -0.877. The average molecular weight is 278 g/mol. The molecule has 6 heteroatoms. The molecule has 1 heterocycles. The number of hydrogen-bond acceptors (Lipinski definition) is 4. The van der Waals surface area contributed by atoms with Crippen LogP contribution in [0, 0.1) is 0 Å². The van der Waals surface area contributed by atoms with Crippen molar-refractivity contribution in [2.24, 2.45) is 0 Å². The number of carbonyl (C=O) groups is 2. The molecule has 1 saturated heterocycles. The van der Waals surface area contributed by atoms with E-state index in [1.54, 1.807) is 7.05 Å². The maximum Gasteiger partial charge on any atom is 0.327 e. The lowest BCUT2D eigenvalue weighted by Gasteiger charge is -2.18. The standard InChI is InChI=1S/C14H18N2O4/c1-15-8-13(18)16(14(15)19)7-12(17)10-20-9-11-5-3-2-4-6-11/h2-6,12,17H,7-10H2,1H3/t12-/m1/s1. The first kappa shape index (κ1) is 14.5. The number of carbonyl (C=O) groups excluding carboxylic acids is 2. The molecule has 6 nitrogen and oxygen atoms in total. The summed E-state index contributed by atoms with van der Waals surface area (Å²) in [4.78, 5) is 25.5. The molecule has 0 bridgehead atoms. The summed E-state index contributed by atoms with van der Waals surface area (Å²) < 4.78 is 5.38. The van der Waals surface area contributed by atoms with Gasteiger partial charge in [0.05, 0.1) is 25.9 Å². The van der Waals surface area contributed by atoms with E-state index in [0.29, 0.717) is 6.61 Å². The summed E-state index contributed by atoms with van der Waals surface area (Å²) in [6.07, 6.45) is -0.877. The third-order valence-electron chi connectivity index (χ3n) is 3.05. The smallest absolute Gasteiger partial charge is 0.327 e. The molecule has 0 aliphatic carbocycles. The maximum absolute atomic E-state index is 11.6. The second-order valence-corrected chi connectivity index (χ2v) is 4.80. The first-order valence-electron chi connectivity index (χ1n) is 6.43. The zero-order chi connectivity index (χ0) is 14.5. The molecule has 1 N–H and O–H groups in total. The van der Waals surface area contributed by atoms with E-state index in [4.69, 9.17) is 4.74 Å². The van der Waals surface area contributed by atoms with Crippen molar-refractivity contribution in [2.75, 3.05) is 26.7 Å². The molecule has 2 rings (SSSR count). The topological polar surface area (TPSA) is 70.1 Å². The molecule has 3 amide bonds. The summed E-state index contributed by atoms with van der Waals surface area (Å²) in [6, 6.07) is 9.21. The first-order valence-corrected chi connectivity index (χ1v) is 6.43. The van der Waals surface area contributed by atoms with E-state index < -0.39 is 6.10 Å². The van der Waals surface area contributed by atoms with Gasteiger partial charge in [0.2, 0.25) is 5.91 Å². The summed E-state index contributed by atoms with van der Waals surface area (Å²) in [6.45, 7) is 0.503. The lowest BCUT2D eigenvalue weighted by Crippen LogP contribution is -2.39. The van der Waals surface area contributed by atoms with Crippen LogP contribution in [0.5, 0.6) is 0 Å². The number of urea groups is 1. The van der Waals surface area contributed by atoms with Gasteiger partial charge in [0.15, 0.2) is 0 Å². The Morgan fingerprint density at radius 2 is 2.00 bits per heavy atom. The van der Waals surface area contributed by atoms with Gasteiger partial charge >= 0.3 is 6.03 Å². The highest BCUT2D eigenvalue weighted by Crippen LogP contribution is 2.09. The highest BCUT2D eigenvalue weighted by molar-refractivity contribution is 6.01. The summed E-state index contributed by atoms with van der Waals surface area (Å²) >= 11 is 0. The van der Waals surface area contributed by atoms with Gasteiger partial charge < -0.3 is 14.7 Å². The molecule has 0 unspecified atom stereocenters. The van der Waals surface area contributed by atoms with Crippen molar-refractivity contribution in [3.8, 4) is 0 Å². The molecule has 1 atom stereocenters. The van der Waals surface area contributed by atoms with Crippen molar-refractivity contribution in [1.29, 1.82) is 0 Å². The van der Waals surface area contributed by atoms with Gasteiger partial charge in [-0.1, -0.05) is 30.3 Å².